The van der Waals surface area contributed by atoms with Crippen LogP contribution in [-0.2, 0) is 6.54 Å². The molecule has 0 aliphatic carbocycles. The molecule has 21 heavy (non-hydrogen) atoms. The van der Waals surface area contributed by atoms with Gasteiger partial charge in [-0.15, -0.1) is 0 Å². The minimum Gasteiger partial charge on any atom is -0.329 e. The van der Waals surface area contributed by atoms with Crippen molar-refractivity contribution in [2.45, 2.75) is 19.5 Å². The van der Waals surface area contributed by atoms with E-state index in [9.17, 15) is 0 Å². The van der Waals surface area contributed by atoms with Crippen molar-refractivity contribution < 1.29 is 0 Å². The molecule has 0 aliphatic heterocycles. The van der Waals surface area contributed by atoms with Gasteiger partial charge in [0.1, 0.15) is 0 Å². The summed E-state index contributed by atoms with van der Waals surface area (Å²) >= 11 is 9.78. The highest BCUT2D eigenvalue weighted by atomic mass is 79.9. The maximum atomic E-state index is 6.24. The molecule has 0 saturated carbocycles. The second kappa shape index (κ2) is 7.41. The van der Waals surface area contributed by atoms with Gasteiger partial charge in [0.2, 0.25) is 0 Å². The van der Waals surface area contributed by atoms with Crippen LogP contribution in [0, 0.1) is 6.92 Å². The molecular formula is C17H20BrClN2. The van der Waals surface area contributed by atoms with Crippen molar-refractivity contribution in [2.75, 3.05) is 13.6 Å². The van der Waals surface area contributed by atoms with Gasteiger partial charge in [-0.1, -0.05) is 57.9 Å². The standard InChI is InChI=1S/C17H20BrClN2/c1-12-9-13(7-8-15(12)18)17(10-20)21(2)11-14-5-3-4-6-16(14)19/h3-9,17H,10-11,20H2,1-2H3. The first-order valence-corrected chi connectivity index (χ1v) is 8.09. The van der Waals surface area contributed by atoms with Crippen LogP contribution in [0.5, 0.6) is 0 Å². The van der Waals surface area contributed by atoms with Crippen LogP contribution in [0.25, 0.3) is 0 Å². The zero-order valence-electron chi connectivity index (χ0n) is 12.3. The molecule has 2 nitrogen and oxygen atoms in total. The molecule has 0 saturated heterocycles. The first kappa shape index (κ1) is 16.5. The van der Waals surface area contributed by atoms with Gasteiger partial charge >= 0.3 is 0 Å². The van der Waals surface area contributed by atoms with Crippen molar-refractivity contribution >= 4 is 27.5 Å². The molecule has 1 unspecified atom stereocenters. The van der Waals surface area contributed by atoms with Crippen LogP contribution >= 0.6 is 27.5 Å². The highest BCUT2D eigenvalue weighted by molar-refractivity contribution is 9.10. The Balaban J connectivity index is 2.20. The predicted octanol–water partition coefficient (Wildman–Crippen LogP) is 4.54. The summed E-state index contributed by atoms with van der Waals surface area (Å²) in [5, 5.41) is 0.798. The number of hydrogen-bond donors (Lipinski definition) is 1. The Morgan fingerprint density at radius 3 is 2.57 bits per heavy atom. The van der Waals surface area contributed by atoms with Gasteiger partial charge in [-0.05, 0) is 42.8 Å². The summed E-state index contributed by atoms with van der Waals surface area (Å²) in [6, 6.07) is 14.5. The molecule has 2 aromatic rings. The van der Waals surface area contributed by atoms with E-state index in [1.807, 2.05) is 18.2 Å². The number of aryl methyl sites for hydroxylation is 1. The van der Waals surface area contributed by atoms with Crippen LogP contribution < -0.4 is 5.73 Å². The van der Waals surface area contributed by atoms with E-state index < -0.39 is 0 Å². The van der Waals surface area contributed by atoms with Crippen LogP contribution in [0.1, 0.15) is 22.7 Å². The topological polar surface area (TPSA) is 29.3 Å². The second-order valence-corrected chi connectivity index (χ2v) is 6.53. The molecule has 0 fully saturated rings. The maximum Gasteiger partial charge on any atom is 0.0471 e. The Morgan fingerprint density at radius 2 is 1.95 bits per heavy atom. The Kier molecular flexibility index (Phi) is 5.82. The van der Waals surface area contributed by atoms with E-state index in [1.54, 1.807) is 0 Å². The summed E-state index contributed by atoms with van der Waals surface area (Å²) in [6.07, 6.45) is 0. The minimum atomic E-state index is 0.174. The molecule has 4 heteroatoms. The number of nitrogens with two attached hydrogens (primary N) is 1. The molecular weight excluding hydrogens is 348 g/mol. The normalized spacial score (nSPS) is 12.7. The molecule has 112 valence electrons. The smallest absolute Gasteiger partial charge is 0.0471 e. The molecule has 0 radical (unpaired) electrons. The number of benzene rings is 2. The first-order valence-electron chi connectivity index (χ1n) is 6.92. The van der Waals surface area contributed by atoms with Crippen molar-refractivity contribution in [1.29, 1.82) is 0 Å². The zero-order valence-corrected chi connectivity index (χ0v) is 14.7. The van der Waals surface area contributed by atoms with E-state index >= 15 is 0 Å². The van der Waals surface area contributed by atoms with E-state index in [0.717, 1.165) is 21.6 Å². The molecule has 2 N–H and O–H groups in total. The molecule has 1 atom stereocenters. The molecule has 0 aromatic heterocycles. The van der Waals surface area contributed by atoms with Crippen LogP contribution in [0.2, 0.25) is 5.02 Å². The maximum absolute atomic E-state index is 6.24. The van der Waals surface area contributed by atoms with E-state index in [2.05, 4.69) is 59.1 Å². The molecule has 2 rings (SSSR count). The van der Waals surface area contributed by atoms with Crippen molar-refractivity contribution in [3.63, 3.8) is 0 Å². The third-order valence-corrected chi connectivity index (χ3v) is 4.96. The number of likely N-dealkylation sites (N-methyl/N-ethyl adjacent to an activating group) is 1. The van der Waals surface area contributed by atoms with Gasteiger partial charge in [0.25, 0.3) is 0 Å². The highest BCUT2D eigenvalue weighted by Gasteiger charge is 2.17. The third-order valence-electron chi connectivity index (χ3n) is 3.70. The Labute approximate surface area is 140 Å². The molecule has 0 spiro atoms. The van der Waals surface area contributed by atoms with E-state index in [1.165, 1.54) is 11.1 Å². The molecule has 2 aromatic carbocycles. The van der Waals surface area contributed by atoms with Gasteiger partial charge in [0.15, 0.2) is 0 Å². The van der Waals surface area contributed by atoms with Gasteiger partial charge < -0.3 is 5.73 Å². The average molecular weight is 368 g/mol. The lowest BCUT2D eigenvalue weighted by Crippen LogP contribution is -2.30. The van der Waals surface area contributed by atoms with Crippen molar-refractivity contribution in [1.82, 2.24) is 4.90 Å². The Morgan fingerprint density at radius 1 is 1.24 bits per heavy atom. The summed E-state index contributed by atoms with van der Waals surface area (Å²) in [5.41, 5.74) is 9.57. The van der Waals surface area contributed by atoms with Gasteiger partial charge in [-0.3, -0.25) is 4.90 Å². The van der Waals surface area contributed by atoms with Crippen LogP contribution in [0.4, 0.5) is 0 Å². The van der Waals surface area contributed by atoms with E-state index in [0.29, 0.717) is 6.54 Å². The third kappa shape index (κ3) is 4.07. The van der Waals surface area contributed by atoms with Crippen molar-refractivity contribution in [3.8, 4) is 0 Å². The number of hydrogen-bond acceptors (Lipinski definition) is 2. The monoisotopic (exact) mass is 366 g/mol. The highest BCUT2D eigenvalue weighted by Crippen LogP contribution is 2.26. The minimum absolute atomic E-state index is 0.174. The van der Waals surface area contributed by atoms with Crippen LogP contribution in [0.15, 0.2) is 46.9 Å². The lowest BCUT2D eigenvalue weighted by molar-refractivity contribution is 0.242. The molecule has 0 bridgehead atoms. The molecule has 0 heterocycles. The van der Waals surface area contributed by atoms with E-state index in [-0.39, 0.29) is 6.04 Å². The van der Waals surface area contributed by atoms with Crippen molar-refractivity contribution in [2.24, 2.45) is 5.73 Å². The summed E-state index contributed by atoms with van der Waals surface area (Å²) in [4.78, 5) is 2.24. The van der Waals surface area contributed by atoms with Gasteiger partial charge in [-0.2, -0.15) is 0 Å². The van der Waals surface area contributed by atoms with Gasteiger partial charge in [0, 0.05) is 28.6 Å². The van der Waals surface area contributed by atoms with Gasteiger partial charge in [-0.25, -0.2) is 0 Å². The summed E-state index contributed by atoms with van der Waals surface area (Å²) < 4.78 is 1.12. The van der Waals surface area contributed by atoms with Crippen LogP contribution in [0.3, 0.4) is 0 Å². The number of rotatable bonds is 5. The second-order valence-electron chi connectivity index (χ2n) is 5.27. The first-order chi connectivity index (χ1) is 10.0. The average Bonchev–Trinajstić information content (AvgIpc) is 2.46. The van der Waals surface area contributed by atoms with Crippen LogP contribution in [-0.4, -0.2) is 18.5 Å². The fourth-order valence-electron chi connectivity index (χ4n) is 2.45. The SMILES string of the molecule is Cc1cc(C(CN)N(C)Cc2ccccc2Cl)ccc1Br. The van der Waals surface area contributed by atoms with Crippen molar-refractivity contribution in [3.05, 3.63) is 68.7 Å². The fourth-order valence-corrected chi connectivity index (χ4v) is 2.89. The fraction of sp³-hybridized carbons (Fsp3) is 0.294. The quantitative estimate of drug-likeness (QED) is 0.840. The van der Waals surface area contributed by atoms with Gasteiger partial charge in [0.05, 0.1) is 0 Å². The molecule has 0 amide bonds. The summed E-state index contributed by atoms with van der Waals surface area (Å²) in [6.45, 7) is 3.44. The summed E-state index contributed by atoms with van der Waals surface area (Å²) in [7, 11) is 2.08. The summed E-state index contributed by atoms with van der Waals surface area (Å²) in [5.74, 6) is 0. The number of halogens is 2. The largest absolute Gasteiger partial charge is 0.329 e. The van der Waals surface area contributed by atoms with E-state index in [4.69, 9.17) is 17.3 Å². The lowest BCUT2D eigenvalue weighted by Gasteiger charge is -2.28. The predicted molar refractivity (Wildman–Crippen MR) is 93.6 cm³/mol. The number of nitrogens with zero attached hydrogens (tertiary/aromatic N) is 1. The lowest BCUT2D eigenvalue weighted by atomic mass is 10.0. The zero-order chi connectivity index (χ0) is 15.4. The Bertz CT molecular complexity index is 615. The molecule has 0 aliphatic rings. The Hall–Kier alpha value is -0.870.